The quantitative estimate of drug-likeness (QED) is 0.889. The third kappa shape index (κ3) is 3.62. The fourth-order valence-corrected chi connectivity index (χ4v) is 2.00. The topological polar surface area (TPSA) is 43.4 Å². The monoisotopic (exact) mass is 292 g/mol. The lowest BCUT2D eigenvalue weighted by Gasteiger charge is -2.13. The van der Waals surface area contributed by atoms with Crippen LogP contribution in [-0.2, 0) is 13.2 Å². The highest BCUT2D eigenvalue weighted by atomic mass is 35.5. The number of ether oxygens (including phenoxy) is 2. The van der Waals surface area contributed by atoms with Crippen molar-refractivity contribution in [3.63, 3.8) is 0 Å². The Morgan fingerprint density at radius 2 is 2.10 bits per heavy atom. The zero-order valence-electron chi connectivity index (χ0n) is 11.5. The molecule has 1 heterocycles. The highest BCUT2D eigenvalue weighted by molar-refractivity contribution is 6.31. The molecular formula is C15H17ClN2O2. The van der Waals surface area contributed by atoms with Gasteiger partial charge in [-0.3, -0.25) is 4.98 Å². The average molecular weight is 293 g/mol. The van der Waals surface area contributed by atoms with Crippen LogP contribution in [0.5, 0.6) is 11.5 Å². The molecule has 0 bridgehead atoms. The zero-order valence-corrected chi connectivity index (χ0v) is 12.3. The molecule has 5 heteroatoms. The van der Waals surface area contributed by atoms with Crippen LogP contribution in [0, 0.1) is 0 Å². The van der Waals surface area contributed by atoms with E-state index in [0.717, 1.165) is 17.7 Å². The van der Waals surface area contributed by atoms with Crippen molar-refractivity contribution in [2.24, 2.45) is 0 Å². The molecular weight excluding hydrogens is 276 g/mol. The Hall–Kier alpha value is -1.78. The number of methoxy groups -OCH3 is 1. The summed E-state index contributed by atoms with van der Waals surface area (Å²) in [4.78, 5) is 3.95. The van der Waals surface area contributed by atoms with Crippen LogP contribution in [0.15, 0.2) is 36.7 Å². The van der Waals surface area contributed by atoms with Gasteiger partial charge < -0.3 is 14.8 Å². The van der Waals surface area contributed by atoms with Crippen LogP contribution >= 0.6 is 11.6 Å². The van der Waals surface area contributed by atoms with Crippen LogP contribution in [0.3, 0.4) is 0 Å². The van der Waals surface area contributed by atoms with Gasteiger partial charge in [-0.2, -0.15) is 0 Å². The van der Waals surface area contributed by atoms with Gasteiger partial charge in [0.05, 0.1) is 12.1 Å². The molecule has 2 aromatic rings. The van der Waals surface area contributed by atoms with E-state index >= 15 is 0 Å². The van der Waals surface area contributed by atoms with Gasteiger partial charge in [-0.1, -0.05) is 17.7 Å². The van der Waals surface area contributed by atoms with Gasteiger partial charge >= 0.3 is 0 Å². The maximum Gasteiger partial charge on any atom is 0.161 e. The number of benzene rings is 1. The van der Waals surface area contributed by atoms with Crippen molar-refractivity contribution in [3.8, 4) is 11.5 Å². The molecule has 0 amide bonds. The van der Waals surface area contributed by atoms with Crippen LogP contribution in [0.25, 0.3) is 0 Å². The van der Waals surface area contributed by atoms with Crippen molar-refractivity contribution in [1.29, 1.82) is 0 Å². The summed E-state index contributed by atoms with van der Waals surface area (Å²) in [6, 6.07) is 7.70. The SMILES string of the molecule is CNCc1ccc(OC)c(OCc2ccncc2Cl)c1. The van der Waals surface area contributed by atoms with Gasteiger partial charge in [0.25, 0.3) is 0 Å². The molecule has 0 aliphatic heterocycles. The Morgan fingerprint density at radius 1 is 1.25 bits per heavy atom. The highest BCUT2D eigenvalue weighted by Gasteiger charge is 2.07. The van der Waals surface area contributed by atoms with Crippen molar-refractivity contribution in [2.45, 2.75) is 13.2 Å². The molecule has 0 radical (unpaired) electrons. The molecule has 2 rings (SSSR count). The van der Waals surface area contributed by atoms with E-state index in [9.17, 15) is 0 Å². The summed E-state index contributed by atoms with van der Waals surface area (Å²) < 4.78 is 11.1. The van der Waals surface area contributed by atoms with Gasteiger partial charge in [-0.25, -0.2) is 0 Å². The molecule has 0 fully saturated rings. The molecule has 0 spiro atoms. The van der Waals surface area contributed by atoms with E-state index in [4.69, 9.17) is 21.1 Å². The van der Waals surface area contributed by atoms with Crippen molar-refractivity contribution in [3.05, 3.63) is 52.8 Å². The number of aromatic nitrogens is 1. The van der Waals surface area contributed by atoms with E-state index in [2.05, 4.69) is 10.3 Å². The smallest absolute Gasteiger partial charge is 0.161 e. The molecule has 0 saturated heterocycles. The van der Waals surface area contributed by atoms with E-state index in [0.29, 0.717) is 23.1 Å². The number of nitrogens with one attached hydrogen (secondary N) is 1. The number of pyridine rings is 1. The summed E-state index contributed by atoms with van der Waals surface area (Å²) in [6.45, 7) is 1.15. The number of rotatable bonds is 6. The molecule has 0 aliphatic carbocycles. The third-order valence-electron chi connectivity index (χ3n) is 2.85. The number of halogens is 1. The first-order valence-corrected chi connectivity index (χ1v) is 6.65. The summed E-state index contributed by atoms with van der Waals surface area (Å²) in [7, 11) is 3.53. The van der Waals surface area contributed by atoms with Crippen LogP contribution in [-0.4, -0.2) is 19.1 Å². The van der Waals surface area contributed by atoms with Gasteiger partial charge in [0, 0.05) is 24.5 Å². The highest BCUT2D eigenvalue weighted by Crippen LogP contribution is 2.29. The van der Waals surface area contributed by atoms with Crippen molar-refractivity contribution in [2.75, 3.05) is 14.2 Å². The summed E-state index contributed by atoms with van der Waals surface area (Å²) in [5.74, 6) is 1.41. The molecule has 0 atom stereocenters. The van der Waals surface area contributed by atoms with Crippen LogP contribution in [0.1, 0.15) is 11.1 Å². The number of hydrogen-bond donors (Lipinski definition) is 1. The standard InChI is InChI=1S/C15H17ClN2O2/c1-17-8-11-3-4-14(19-2)15(7-11)20-10-12-5-6-18-9-13(12)16/h3-7,9,17H,8,10H2,1-2H3. The minimum absolute atomic E-state index is 0.376. The van der Waals surface area contributed by atoms with E-state index in [1.807, 2.05) is 31.3 Å². The van der Waals surface area contributed by atoms with Crippen LogP contribution < -0.4 is 14.8 Å². The Labute approximate surface area is 123 Å². The Morgan fingerprint density at radius 3 is 2.80 bits per heavy atom. The predicted molar refractivity (Wildman–Crippen MR) is 79.3 cm³/mol. The van der Waals surface area contributed by atoms with Crippen LogP contribution in [0.2, 0.25) is 5.02 Å². The third-order valence-corrected chi connectivity index (χ3v) is 3.19. The molecule has 106 valence electrons. The summed E-state index contributed by atoms with van der Waals surface area (Å²) in [6.07, 6.45) is 3.30. The van der Waals surface area contributed by atoms with E-state index in [-0.39, 0.29) is 0 Å². The molecule has 1 aromatic carbocycles. The molecule has 1 N–H and O–H groups in total. The Balaban J connectivity index is 2.15. The maximum absolute atomic E-state index is 6.06. The molecule has 0 aliphatic rings. The Kier molecular flexibility index (Phi) is 5.21. The fraction of sp³-hybridized carbons (Fsp3) is 0.267. The van der Waals surface area contributed by atoms with Crippen molar-refractivity contribution >= 4 is 11.6 Å². The minimum atomic E-state index is 0.376. The maximum atomic E-state index is 6.06. The largest absolute Gasteiger partial charge is 0.493 e. The van der Waals surface area contributed by atoms with Crippen molar-refractivity contribution in [1.82, 2.24) is 10.3 Å². The second kappa shape index (κ2) is 7.12. The molecule has 1 aromatic heterocycles. The first-order chi connectivity index (χ1) is 9.74. The lowest BCUT2D eigenvalue weighted by Crippen LogP contribution is -2.06. The Bertz CT molecular complexity index is 576. The predicted octanol–water partition coefficient (Wildman–Crippen LogP) is 3.04. The van der Waals surface area contributed by atoms with E-state index < -0.39 is 0 Å². The number of hydrogen-bond acceptors (Lipinski definition) is 4. The molecule has 20 heavy (non-hydrogen) atoms. The van der Waals surface area contributed by atoms with Gasteiger partial charge in [-0.15, -0.1) is 0 Å². The lowest BCUT2D eigenvalue weighted by atomic mass is 10.2. The fourth-order valence-electron chi connectivity index (χ4n) is 1.82. The average Bonchev–Trinajstić information content (AvgIpc) is 2.47. The first kappa shape index (κ1) is 14.6. The van der Waals surface area contributed by atoms with Crippen LogP contribution in [0.4, 0.5) is 0 Å². The minimum Gasteiger partial charge on any atom is -0.493 e. The second-order valence-electron chi connectivity index (χ2n) is 4.27. The normalized spacial score (nSPS) is 10.3. The molecule has 4 nitrogen and oxygen atoms in total. The van der Waals surface area contributed by atoms with Gasteiger partial charge in [0.1, 0.15) is 6.61 Å². The molecule has 0 saturated carbocycles. The summed E-state index contributed by atoms with van der Waals surface area (Å²) >= 11 is 6.06. The van der Waals surface area contributed by atoms with Gasteiger partial charge in [-0.05, 0) is 30.8 Å². The number of nitrogens with zero attached hydrogens (tertiary/aromatic N) is 1. The summed E-state index contributed by atoms with van der Waals surface area (Å²) in [5, 5.41) is 3.70. The van der Waals surface area contributed by atoms with Crippen molar-refractivity contribution < 1.29 is 9.47 Å². The zero-order chi connectivity index (χ0) is 14.4. The summed E-state index contributed by atoms with van der Waals surface area (Å²) in [5.41, 5.74) is 2.02. The molecule has 0 unspecified atom stereocenters. The van der Waals surface area contributed by atoms with E-state index in [1.165, 1.54) is 0 Å². The first-order valence-electron chi connectivity index (χ1n) is 6.27. The van der Waals surface area contributed by atoms with E-state index in [1.54, 1.807) is 19.5 Å². The second-order valence-corrected chi connectivity index (χ2v) is 4.68. The lowest BCUT2D eigenvalue weighted by molar-refractivity contribution is 0.284. The van der Waals surface area contributed by atoms with Gasteiger partial charge in [0.2, 0.25) is 0 Å². The van der Waals surface area contributed by atoms with Gasteiger partial charge in [0.15, 0.2) is 11.5 Å².